The minimum absolute atomic E-state index is 0.153. The number of benzene rings is 1. The summed E-state index contributed by atoms with van der Waals surface area (Å²) >= 11 is 0. The summed E-state index contributed by atoms with van der Waals surface area (Å²) in [4.78, 5) is 12.9. The van der Waals surface area contributed by atoms with Crippen LogP contribution >= 0.6 is 0 Å². The molecular weight excluding hydrogens is 861 g/mol. The van der Waals surface area contributed by atoms with Crippen LogP contribution in [-0.4, -0.2) is 47.0 Å². The van der Waals surface area contributed by atoms with Crippen molar-refractivity contribution in [2.75, 3.05) is 7.11 Å². The first-order valence-electron chi connectivity index (χ1n) is 28.2. The zero-order valence-corrected chi connectivity index (χ0v) is 46.2. The molecule has 6 aliphatic carbocycles. The molecule has 0 saturated heterocycles. The molecule has 6 aliphatic rings. The van der Waals surface area contributed by atoms with E-state index in [2.05, 4.69) is 98.2 Å². The molecule has 6 heteroatoms. The Balaban J connectivity index is 0.000000239. The molecule has 70 heavy (non-hydrogen) atoms. The number of nitrogens with two attached hydrogens (primary N) is 1. The quantitative estimate of drug-likeness (QED) is 0.149. The monoisotopic (exact) mass is 961 g/mol. The van der Waals surface area contributed by atoms with E-state index >= 15 is 0 Å². The highest BCUT2D eigenvalue weighted by molar-refractivity contribution is 5.94. The van der Waals surface area contributed by atoms with Crippen LogP contribution in [-0.2, 0) is 0 Å². The predicted molar refractivity (Wildman–Crippen MR) is 295 cm³/mol. The number of ether oxygens (including phenoxy) is 1. The van der Waals surface area contributed by atoms with Gasteiger partial charge < -0.3 is 26.0 Å². The summed E-state index contributed by atoms with van der Waals surface area (Å²) in [5.41, 5.74) is 15.4. The van der Waals surface area contributed by atoms with Gasteiger partial charge in [-0.15, -0.1) is 0 Å². The van der Waals surface area contributed by atoms with Gasteiger partial charge in [0.1, 0.15) is 5.75 Å². The van der Waals surface area contributed by atoms with E-state index in [0.29, 0.717) is 58.2 Å². The molecule has 6 saturated carbocycles. The maximum absolute atomic E-state index is 12.9. The highest BCUT2D eigenvalue weighted by Gasteiger charge is 2.52. The van der Waals surface area contributed by atoms with Gasteiger partial charge in [-0.1, -0.05) is 130 Å². The molecule has 7 rings (SSSR count). The molecule has 1 aromatic carbocycles. The van der Waals surface area contributed by atoms with Crippen molar-refractivity contribution in [1.29, 1.82) is 0 Å². The SMILES string of the molecule is C=C1/C(=C\C=C2/CCC[C@]3(C)[C@@H]([C@H](C)CCCC(C)(C)C)CC[C@@H]23)C[C@@H](C)C[C@@H]1N.C=C1/C(=C\C=C2/CCC[C@]3(C)[C@@H]([C@H](C)CCCC(C)(C)O)CC[C@@H]23)C[C@@H](O)C[C@@H]1NC(=O)c1ccc(OC)cc1. The third kappa shape index (κ3) is 14.1. The van der Waals surface area contributed by atoms with Crippen LogP contribution in [0.4, 0.5) is 0 Å². The van der Waals surface area contributed by atoms with E-state index in [1.54, 1.807) is 42.5 Å². The average molecular weight is 962 g/mol. The first-order chi connectivity index (χ1) is 32.9. The van der Waals surface area contributed by atoms with Crippen LogP contribution in [0.25, 0.3) is 0 Å². The summed E-state index contributed by atoms with van der Waals surface area (Å²) in [6.45, 7) is 32.1. The van der Waals surface area contributed by atoms with Gasteiger partial charge >= 0.3 is 0 Å². The van der Waals surface area contributed by atoms with Crippen LogP contribution in [0.3, 0.4) is 0 Å². The fourth-order valence-corrected chi connectivity index (χ4v) is 15.0. The van der Waals surface area contributed by atoms with Crippen molar-refractivity contribution in [3.63, 3.8) is 0 Å². The van der Waals surface area contributed by atoms with Crippen LogP contribution in [0.1, 0.15) is 208 Å². The predicted octanol–water partition coefficient (Wildman–Crippen LogP) is 15.4. The van der Waals surface area contributed by atoms with Crippen molar-refractivity contribution in [1.82, 2.24) is 5.32 Å². The second kappa shape index (κ2) is 23.8. The van der Waals surface area contributed by atoms with Crippen molar-refractivity contribution in [3.05, 3.63) is 101 Å². The number of nitrogens with one attached hydrogen (secondary N) is 1. The molecule has 5 N–H and O–H groups in total. The third-order valence-corrected chi connectivity index (χ3v) is 19.0. The van der Waals surface area contributed by atoms with Crippen molar-refractivity contribution in [2.45, 2.75) is 221 Å². The van der Waals surface area contributed by atoms with Crippen molar-refractivity contribution < 1.29 is 19.7 Å². The highest BCUT2D eigenvalue weighted by Crippen LogP contribution is 2.61. The zero-order chi connectivity index (χ0) is 51.2. The van der Waals surface area contributed by atoms with Crippen LogP contribution in [0, 0.1) is 57.7 Å². The molecular formula is C64H100N2O4. The normalized spacial score (nSPS) is 34.8. The number of methoxy groups -OCH3 is 1. The lowest BCUT2D eigenvalue weighted by atomic mass is 9.60. The van der Waals surface area contributed by atoms with E-state index in [1.165, 1.54) is 94.6 Å². The molecule has 0 unspecified atom stereocenters. The van der Waals surface area contributed by atoms with Gasteiger partial charge in [0, 0.05) is 11.6 Å². The highest BCUT2D eigenvalue weighted by atomic mass is 16.5. The molecule has 12 atom stereocenters. The summed E-state index contributed by atoms with van der Waals surface area (Å²) < 4.78 is 5.20. The van der Waals surface area contributed by atoms with Gasteiger partial charge in [0.15, 0.2) is 0 Å². The van der Waals surface area contributed by atoms with Crippen LogP contribution in [0.5, 0.6) is 5.75 Å². The zero-order valence-electron chi connectivity index (χ0n) is 46.2. The molecule has 0 bridgehead atoms. The van der Waals surface area contributed by atoms with Crippen molar-refractivity contribution in [2.24, 2.45) is 63.4 Å². The molecule has 0 heterocycles. The number of allylic oxidation sites excluding steroid dienone is 6. The molecule has 0 aliphatic heterocycles. The Morgan fingerprint density at radius 3 is 1.81 bits per heavy atom. The molecule has 0 aromatic heterocycles. The van der Waals surface area contributed by atoms with Crippen molar-refractivity contribution >= 4 is 5.91 Å². The van der Waals surface area contributed by atoms with E-state index < -0.39 is 11.7 Å². The van der Waals surface area contributed by atoms with E-state index in [1.807, 2.05) is 13.8 Å². The lowest BCUT2D eigenvalue weighted by Gasteiger charge is -2.44. The van der Waals surface area contributed by atoms with Crippen LogP contribution in [0.2, 0.25) is 0 Å². The maximum atomic E-state index is 12.9. The number of amides is 1. The van der Waals surface area contributed by atoms with Gasteiger partial charge in [-0.3, -0.25) is 4.79 Å². The molecule has 1 aromatic rings. The van der Waals surface area contributed by atoms with Gasteiger partial charge in [-0.2, -0.15) is 0 Å². The van der Waals surface area contributed by atoms with E-state index in [4.69, 9.17) is 10.5 Å². The number of aliphatic hydroxyl groups excluding tert-OH is 1. The topological polar surface area (TPSA) is 105 Å². The number of hydrogen-bond acceptors (Lipinski definition) is 5. The third-order valence-electron chi connectivity index (χ3n) is 19.0. The number of carbonyl (C=O) groups is 1. The summed E-state index contributed by atoms with van der Waals surface area (Å²) in [6, 6.07) is 6.92. The van der Waals surface area contributed by atoms with E-state index in [-0.39, 0.29) is 18.0 Å². The lowest BCUT2D eigenvalue weighted by molar-refractivity contribution is 0.0596. The standard InChI is InChI=1S/C35H51NO4.C29H49N/c1-23(9-7-19-34(3,4)39)30-17-18-31-25(10-8-20-35(30,31)5)11-12-27-21-28(37)22-32(24(27)2)36-33(38)26-13-15-29(40-6)16-14-26;1-20-18-24(22(3)27(30)19-20)13-12-23-11-9-17-29(7)25(14-15-26(23)29)21(2)10-8-16-28(4,5)6/h11-16,23,28,30-32,37,39H,2,7-10,17-22H2,1,3-6H3,(H,36,38);12-13,20-21,25-27H,3,8-11,14-19,30H2,1-2,4-7H3/b25-11+,27-12-;23-12+,24-13-/t23-,28-,30-,31+,32+,35-;20-,21-,25-,26+,27+,29-/m11/s1. The number of aliphatic hydroxyl groups is 2. The Morgan fingerprint density at radius 2 is 1.31 bits per heavy atom. The fraction of sp³-hybridized carbons (Fsp3) is 0.703. The number of hydrogen-bond donors (Lipinski definition) is 4. The first-order valence-corrected chi connectivity index (χ1v) is 28.2. The molecule has 0 spiro atoms. The summed E-state index contributed by atoms with van der Waals surface area (Å²) in [6.07, 6.45) is 32.5. The average Bonchev–Trinajstić information content (AvgIpc) is 3.84. The van der Waals surface area contributed by atoms with Crippen LogP contribution < -0.4 is 15.8 Å². The van der Waals surface area contributed by atoms with E-state index in [0.717, 1.165) is 66.9 Å². The van der Waals surface area contributed by atoms with Gasteiger partial charge in [-0.05, 0) is 221 Å². The van der Waals surface area contributed by atoms with Gasteiger partial charge in [0.05, 0.1) is 24.9 Å². The van der Waals surface area contributed by atoms with Gasteiger partial charge in [0.25, 0.3) is 5.91 Å². The molecule has 0 radical (unpaired) electrons. The van der Waals surface area contributed by atoms with Crippen LogP contribution in [0.15, 0.2) is 95.2 Å². The maximum Gasteiger partial charge on any atom is 0.251 e. The largest absolute Gasteiger partial charge is 0.497 e. The minimum atomic E-state index is -0.579. The number of rotatable bonds is 14. The number of fused-ring (bicyclic) bond motifs is 2. The molecule has 1 amide bonds. The summed E-state index contributed by atoms with van der Waals surface area (Å²) in [7, 11) is 1.60. The Kier molecular flexibility index (Phi) is 19.1. The van der Waals surface area contributed by atoms with Gasteiger partial charge in [0.2, 0.25) is 0 Å². The van der Waals surface area contributed by atoms with Crippen molar-refractivity contribution in [3.8, 4) is 5.75 Å². The molecule has 6 nitrogen and oxygen atoms in total. The summed E-state index contributed by atoms with van der Waals surface area (Å²) in [5, 5.41) is 23.9. The Labute approximate surface area is 427 Å². The molecule has 390 valence electrons. The lowest BCUT2D eigenvalue weighted by Crippen LogP contribution is -2.41. The molecule has 6 fully saturated rings. The smallest absolute Gasteiger partial charge is 0.251 e. The Hall–Kier alpha value is -3.19. The minimum Gasteiger partial charge on any atom is -0.497 e. The van der Waals surface area contributed by atoms with E-state index in [9.17, 15) is 15.0 Å². The number of carbonyl (C=O) groups excluding carboxylic acids is 1. The first kappa shape index (κ1) is 56.1. The second-order valence-electron chi connectivity index (χ2n) is 26.2. The Morgan fingerprint density at radius 1 is 0.800 bits per heavy atom. The van der Waals surface area contributed by atoms with Gasteiger partial charge in [-0.25, -0.2) is 0 Å². The Bertz CT molecular complexity index is 2080. The fourth-order valence-electron chi connectivity index (χ4n) is 15.0. The summed E-state index contributed by atoms with van der Waals surface area (Å²) in [5.74, 6) is 5.76. The second-order valence-corrected chi connectivity index (χ2v) is 26.2.